The minimum Gasteiger partial charge on any atom is -0.480 e. The third-order valence-electron chi connectivity index (χ3n) is 11.8. The maximum Gasteiger partial charge on any atom is 0.319 e. The molecule has 67 heavy (non-hydrogen) atoms. The molecule has 2 rings (SSSR count). The summed E-state index contributed by atoms with van der Waals surface area (Å²) in [6, 6.07) is -0.167. The number of carboxylic acids is 3. The fourth-order valence-corrected chi connectivity index (χ4v) is 7.74. The third-order valence-corrected chi connectivity index (χ3v) is 11.8. The molecule has 0 spiro atoms. The number of esters is 3. The van der Waals surface area contributed by atoms with Crippen molar-refractivity contribution >= 4 is 47.6 Å². The number of carboxylic acid groups (broad SMARTS) is 3. The highest BCUT2D eigenvalue weighted by molar-refractivity contribution is 5.79. The minimum atomic E-state index is -1.00. The van der Waals surface area contributed by atoms with E-state index >= 15 is 0 Å². The summed E-state index contributed by atoms with van der Waals surface area (Å²) in [6.07, 6.45) is 2.00. The van der Waals surface area contributed by atoms with E-state index in [1.807, 2.05) is 38.3 Å². The predicted molar refractivity (Wildman–Crippen MR) is 244 cm³/mol. The number of nitrogens with zero attached hydrogens (tertiary/aromatic N) is 8. The molecule has 2 aliphatic rings. The Bertz CT molecular complexity index is 1530. The number of methoxy groups -OCH3 is 3. The van der Waals surface area contributed by atoms with Crippen molar-refractivity contribution in [3.63, 3.8) is 0 Å². The highest BCUT2D eigenvalue weighted by Gasteiger charge is 2.25. The first kappa shape index (κ1) is 58.6. The second-order valence-corrected chi connectivity index (χ2v) is 17.4. The smallest absolute Gasteiger partial charge is 0.319 e. The standard InChI is InChI=1S/C43H78N10O14/c1-34(2)35(45-37(55)27-47-11-15-49(29-39(58)59)17-21-52(32-42(63)66-4)22-18-50(16-12-47)30-40(60)61)8-6-7-9-44-36(54)26-46-10-14-48(28-38(56)57)19-23-53(33-43(64)67-5)25-24-51(20-13-46)31-41(62)65-3/h34-35H,6-33H2,1-5H3,(H,44,54)(H,45,55)(H,56,57)(H,58,59)(H,60,61). The summed E-state index contributed by atoms with van der Waals surface area (Å²) >= 11 is 0. The maximum absolute atomic E-state index is 13.6. The van der Waals surface area contributed by atoms with E-state index in [1.165, 1.54) is 21.3 Å². The summed E-state index contributed by atoms with van der Waals surface area (Å²) in [5.74, 6) is -4.62. The minimum absolute atomic E-state index is 0.0144. The molecule has 0 aromatic heterocycles. The number of unbranched alkanes of at least 4 members (excludes halogenated alkanes) is 1. The van der Waals surface area contributed by atoms with Gasteiger partial charge in [0.25, 0.3) is 0 Å². The van der Waals surface area contributed by atoms with Crippen molar-refractivity contribution in [2.45, 2.75) is 39.2 Å². The number of aliphatic carboxylic acids is 3. The van der Waals surface area contributed by atoms with E-state index in [2.05, 4.69) is 10.6 Å². The van der Waals surface area contributed by atoms with Crippen LogP contribution < -0.4 is 10.6 Å². The number of nitrogens with one attached hydrogen (secondary N) is 2. The van der Waals surface area contributed by atoms with Crippen LogP contribution in [0.5, 0.6) is 0 Å². The van der Waals surface area contributed by atoms with Crippen LogP contribution in [-0.4, -0.2) is 293 Å². The third kappa shape index (κ3) is 27.1. The van der Waals surface area contributed by atoms with Crippen LogP contribution in [0, 0.1) is 5.92 Å². The lowest BCUT2D eigenvalue weighted by molar-refractivity contribution is -0.144. The van der Waals surface area contributed by atoms with Gasteiger partial charge in [0.2, 0.25) is 11.8 Å². The largest absolute Gasteiger partial charge is 0.480 e. The molecule has 2 fully saturated rings. The van der Waals surface area contributed by atoms with E-state index < -0.39 is 35.8 Å². The number of hydrogen-bond acceptors (Lipinski definition) is 19. The Morgan fingerprint density at radius 2 is 0.687 bits per heavy atom. The summed E-state index contributed by atoms with van der Waals surface area (Å²) in [4.78, 5) is 113. The molecule has 5 N–H and O–H groups in total. The first-order valence-electron chi connectivity index (χ1n) is 23.1. The lowest BCUT2D eigenvalue weighted by atomic mass is 9.98. The van der Waals surface area contributed by atoms with Crippen LogP contribution in [0.15, 0.2) is 0 Å². The van der Waals surface area contributed by atoms with Crippen LogP contribution in [0.4, 0.5) is 0 Å². The topological polar surface area (TPSA) is 275 Å². The molecule has 1 atom stereocenters. The van der Waals surface area contributed by atoms with Crippen LogP contribution in [0.25, 0.3) is 0 Å². The van der Waals surface area contributed by atoms with E-state index in [9.17, 15) is 53.7 Å². The molecule has 2 saturated heterocycles. The molecule has 2 amide bonds. The number of carbonyl (C=O) groups is 8. The highest BCUT2D eigenvalue weighted by Crippen LogP contribution is 2.11. The predicted octanol–water partition coefficient (Wildman–Crippen LogP) is -3.37. The Morgan fingerprint density at radius 1 is 0.418 bits per heavy atom. The molecule has 0 aromatic rings. The van der Waals surface area contributed by atoms with Gasteiger partial charge in [-0.1, -0.05) is 13.8 Å². The molecule has 24 nitrogen and oxygen atoms in total. The summed E-state index contributed by atoms with van der Waals surface area (Å²) in [5.41, 5.74) is 0. The van der Waals surface area contributed by atoms with Crippen molar-refractivity contribution in [1.82, 2.24) is 49.8 Å². The van der Waals surface area contributed by atoms with Crippen molar-refractivity contribution in [3.05, 3.63) is 0 Å². The van der Waals surface area contributed by atoms with Crippen molar-refractivity contribution < 1.29 is 67.9 Å². The van der Waals surface area contributed by atoms with Crippen LogP contribution in [-0.2, 0) is 52.6 Å². The normalized spacial score (nSPS) is 18.8. The quantitative estimate of drug-likeness (QED) is 0.0380. The number of ether oxygens (including phenoxy) is 3. The van der Waals surface area contributed by atoms with E-state index in [4.69, 9.17) is 14.2 Å². The zero-order valence-electron chi connectivity index (χ0n) is 40.4. The maximum atomic E-state index is 13.6. The lowest BCUT2D eigenvalue weighted by Crippen LogP contribution is -2.50. The fourth-order valence-electron chi connectivity index (χ4n) is 7.74. The highest BCUT2D eigenvalue weighted by atomic mass is 16.5. The van der Waals surface area contributed by atoms with Gasteiger partial charge in [-0.25, -0.2) is 0 Å². The average molecular weight is 959 g/mol. The second kappa shape index (κ2) is 33.0. The number of amides is 2. The van der Waals surface area contributed by atoms with Gasteiger partial charge in [-0.3, -0.25) is 77.6 Å². The molecular formula is C43H78N10O14. The summed E-state index contributed by atoms with van der Waals surface area (Å²) in [5, 5.41) is 34.9. The van der Waals surface area contributed by atoms with Gasteiger partial charge in [0.05, 0.1) is 73.7 Å². The van der Waals surface area contributed by atoms with Crippen molar-refractivity contribution in [1.29, 1.82) is 0 Å². The lowest BCUT2D eigenvalue weighted by Gasteiger charge is -2.33. The molecule has 0 bridgehead atoms. The Kier molecular flexibility index (Phi) is 28.9. The zero-order chi connectivity index (χ0) is 49.7. The van der Waals surface area contributed by atoms with Gasteiger partial charge in [-0.05, 0) is 25.2 Å². The van der Waals surface area contributed by atoms with E-state index in [1.54, 1.807) is 14.7 Å². The Labute approximate surface area is 394 Å². The molecule has 0 aliphatic carbocycles. The van der Waals surface area contributed by atoms with Gasteiger partial charge < -0.3 is 40.2 Å². The van der Waals surface area contributed by atoms with Crippen LogP contribution in [0.2, 0.25) is 0 Å². The molecule has 24 heteroatoms. The number of hydrogen-bond donors (Lipinski definition) is 5. The molecular weight excluding hydrogens is 881 g/mol. The van der Waals surface area contributed by atoms with Gasteiger partial charge in [-0.15, -0.1) is 0 Å². The van der Waals surface area contributed by atoms with E-state index in [-0.39, 0.29) is 76.1 Å². The summed E-state index contributed by atoms with van der Waals surface area (Å²) in [6.45, 7) is 9.76. The molecule has 0 radical (unpaired) electrons. The average Bonchev–Trinajstić information content (AvgIpc) is 3.26. The van der Waals surface area contributed by atoms with Gasteiger partial charge in [0.1, 0.15) is 0 Å². The Morgan fingerprint density at radius 3 is 0.955 bits per heavy atom. The van der Waals surface area contributed by atoms with Gasteiger partial charge >= 0.3 is 35.8 Å². The summed E-state index contributed by atoms with van der Waals surface area (Å²) < 4.78 is 14.6. The van der Waals surface area contributed by atoms with Crippen molar-refractivity contribution in [2.75, 3.05) is 185 Å². The van der Waals surface area contributed by atoms with E-state index in [0.717, 1.165) is 0 Å². The SMILES string of the molecule is COC(=O)CN1CCN(CC(=O)O)CCN(CC(=O)NC(CCCCNC(=O)CN2CCN(CC(=O)O)CCN(CC(=O)OC)CCN(CC(=O)OC)CC2)C(C)C)CCN(CC(=O)O)CC1. The fraction of sp³-hybridized carbons (Fsp3) is 0.814. The molecule has 2 aliphatic heterocycles. The van der Waals surface area contributed by atoms with Crippen molar-refractivity contribution in [2.24, 2.45) is 5.92 Å². The Balaban J connectivity index is 2.00. The zero-order valence-corrected chi connectivity index (χ0v) is 40.4. The van der Waals surface area contributed by atoms with Crippen LogP contribution >= 0.6 is 0 Å². The van der Waals surface area contributed by atoms with Gasteiger partial charge in [0.15, 0.2) is 0 Å². The monoisotopic (exact) mass is 959 g/mol. The Hall–Kier alpha value is -4.56. The molecule has 384 valence electrons. The molecule has 0 saturated carbocycles. The molecule has 1 unspecified atom stereocenters. The molecule has 0 aromatic carbocycles. The van der Waals surface area contributed by atoms with Crippen molar-refractivity contribution in [3.8, 4) is 0 Å². The number of carbonyl (C=O) groups excluding carboxylic acids is 5. The second-order valence-electron chi connectivity index (χ2n) is 17.4. The first-order valence-corrected chi connectivity index (χ1v) is 23.1. The van der Waals surface area contributed by atoms with Gasteiger partial charge in [-0.2, -0.15) is 0 Å². The van der Waals surface area contributed by atoms with E-state index in [0.29, 0.717) is 131 Å². The number of rotatable bonds is 23. The summed E-state index contributed by atoms with van der Waals surface area (Å²) in [7, 11) is 3.90. The molecule has 2 heterocycles. The van der Waals surface area contributed by atoms with Gasteiger partial charge in [0, 0.05) is 117 Å². The van der Waals surface area contributed by atoms with Crippen LogP contribution in [0.1, 0.15) is 33.1 Å². The first-order chi connectivity index (χ1) is 31.9. The van der Waals surface area contributed by atoms with Crippen LogP contribution in [0.3, 0.4) is 0 Å².